The van der Waals surface area contributed by atoms with Crippen molar-refractivity contribution in [2.24, 2.45) is 0 Å². The largest absolute Gasteiger partial charge is 0.494 e. The topological polar surface area (TPSA) is 48.6 Å². The average molecular weight is 404 g/mol. The number of nitrogens with one attached hydrogen (secondary N) is 1. The van der Waals surface area contributed by atoms with E-state index in [1.54, 1.807) is 6.07 Å². The Morgan fingerprint density at radius 1 is 0.933 bits per heavy atom. The molecule has 30 heavy (non-hydrogen) atoms. The Labute approximate surface area is 177 Å². The summed E-state index contributed by atoms with van der Waals surface area (Å²) in [6.07, 6.45) is 3.74. The zero-order valence-corrected chi connectivity index (χ0v) is 17.3. The molecule has 1 aliphatic carbocycles. The lowest BCUT2D eigenvalue weighted by Crippen LogP contribution is -2.46. The zero-order valence-electron chi connectivity index (χ0n) is 17.3. The van der Waals surface area contributed by atoms with Gasteiger partial charge in [0.1, 0.15) is 5.75 Å². The molecule has 1 N–H and O–H groups in total. The van der Waals surface area contributed by atoms with Crippen molar-refractivity contribution in [1.29, 1.82) is 0 Å². The Morgan fingerprint density at radius 2 is 1.73 bits per heavy atom. The van der Waals surface area contributed by atoms with Gasteiger partial charge in [-0.15, -0.1) is 0 Å². The lowest BCUT2D eigenvalue weighted by Gasteiger charge is -2.36. The van der Waals surface area contributed by atoms with Crippen molar-refractivity contribution in [3.63, 3.8) is 0 Å². The monoisotopic (exact) mass is 403 g/mol. The number of ether oxygens (including phenoxy) is 1. The first-order chi connectivity index (χ1) is 14.7. The number of benzene rings is 2. The number of piperazine rings is 1. The first kappa shape index (κ1) is 19.2. The summed E-state index contributed by atoms with van der Waals surface area (Å²) < 4.78 is 5.93. The Bertz CT molecular complexity index is 1050. The van der Waals surface area contributed by atoms with E-state index in [1.165, 1.54) is 24.1 Å². The fourth-order valence-corrected chi connectivity index (χ4v) is 4.30. The van der Waals surface area contributed by atoms with Gasteiger partial charge >= 0.3 is 0 Å². The van der Waals surface area contributed by atoms with Gasteiger partial charge in [-0.1, -0.05) is 12.1 Å². The number of aromatic nitrogens is 1. The molecule has 1 aliphatic heterocycles. The molecule has 1 saturated heterocycles. The van der Waals surface area contributed by atoms with E-state index in [0.29, 0.717) is 6.61 Å². The van der Waals surface area contributed by atoms with E-state index in [1.807, 2.05) is 24.3 Å². The number of aromatic amines is 1. The Hall–Kier alpha value is -2.79. The Morgan fingerprint density at radius 3 is 2.50 bits per heavy atom. The summed E-state index contributed by atoms with van der Waals surface area (Å²) in [5.41, 5.74) is 3.64. The van der Waals surface area contributed by atoms with Gasteiger partial charge in [0.25, 0.3) is 0 Å². The summed E-state index contributed by atoms with van der Waals surface area (Å²) in [5.74, 6) is 1.69. The number of pyridine rings is 1. The van der Waals surface area contributed by atoms with Crippen molar-refractivity contribution in [2.45, 2.75) is 25.2 Å². The average Bonchev–Trinajstić information content (AvgIpc) is 3.63. The summed E-state index contributed by atoms with van der Waals surface area (Å²) in [6, 6.07) is 18.4. The van der Waals surface area contributed by atoms with Gasteiger partial charge in [0.15, 0.2) is 0 Å². The number of fused-ring (bicyclic) bond motifs is 1. The predicted molar refractivity (Wildman–Crippen MR) is 122 cm³/mol. The van der Waals surface area contributed by atoms with Crippen molar-refractivity contribution in [3.05, 3.63) is 70.5 Å². The maximum absolute atomic E-state index is 11.4. The molecular formula is C25H29N3O2. The number of nitrogens with zero attached hydrogens (tertiary/aromatic N) is 2. The molecule has 5 nitrogen and oxygen atoms in total. The van der Waals surface area contributed by atoms with Crippen LogP contribution in [-0.4, -0.2) is 49.2 Å². The van der Waals surface area contributed by atoms with Crippen LogP contribution in [0.4, 0.5) is 5.69 Å². The predicted octanol–water partition coefficient (Wildman–Crippen LogP) is 4.00. The van der Waals surface area contributed by atoms with E-state index in [0.717, 1.165) is 61.7 Å². The molecule has 2 heterocycles. The van der Waals surface area contributed by atoms with Crippen molar-refractivity contribution in [2.75, 3.05) is 44.2 Å². The number of H-pyrrole nitrogens is 1. The van der Waals surface area contributed by atoms with Gasteiger partial charge in [0.05, 0.1) is 6.61 Å². The minimum atomic E-state index is -0.0773. The molecule has 1 aromatic heterocycles. The van der Waals surface area contributed by atoms with Crippen molar-refractivity contribution < 1.29 is 4.74 Å². The van der Waals surface area contributed by atoms with Crippen LogP contribution in [0.1, 0.15) is 30.7 Å². The van der Waals surface area contributed by atoms with Crippen LogP contribution in [0.25, 0.3) is 10.9 Å². The second-order valence-corrected chi connectivity index (χ2v) is 8.47. The highest BCUT2D eigenvalue weighted by molar-refractivity contribution is 5.79. The molecular weight excluding hydrogens is 374 g/mol. The molecule has 2 aliphatic rings. The molecule has 5 rings (SSSR count). The fraction of sp³-hybridized carbons (Fsp3) is 0.400. The number of anilines is 1. The van der Waals surface area contributed by atoms with E-state index in [-0.39, 0.29) is 5.56 Å². The molecule has 2 fully saturated rings. The van der Waals surface area contributed by atoms with Crippen LogP contribution in [0.2, 0.25) is 0 Å². The van der Waals surface area contributed by atoms with Crippen LogP contribution in [0.3, 0.4) is 0 Å². The molecule has 0 amide bonds. The highest BCUT2D eigenvalue weighted by Gasteiger charge is 2.23. The van der Waals surface area contributed by atoms with Gasteiger partial charge in [-0.25, -0.2) is 0 Å². The molecule has 0 radical (unpaired) electrons. The fourth-order valence-electron chi connectivity index (χ4n) is 4.30. The molecule has 0 atom stereocenters. The summed E-state index contributed by atoms with van der Waals surface area (Å²) in [6.45, 7) is 6.16. The summed E-state index contributed by atoms with van der Waals surface area (Å²) in [4.78, 5) is 19.2. The first-order valence-corrected chi connectivity index (χ1v) is 11.1. The maximum Gasteiger partial charge on any atom is 0.248 e. The third-order valence-electron chi connectivity index (χ3n) is 6.26. The van der Waals surface area contributed by atoms with Crippen molar-refractivity contribution in [1.82, 2.24) is 9.88 Å². The van der Waals surface area contributed by atoms with E-state index in [4.69, 9.17) is 4.74 Å². The lowest BCUT2D eigenvalue weighted by atomic mass is 10.1. The van der Waals surface area contributed by atoms with Gasteiger partial charge in [-0.2, -0.15) is 0 Å². The SMILES string of the molecule is O=c1ccc2cc(OCCCN3CCN(c4ccc(C5CC5)cc4)CC3)ccc2[nH]1. The van der Waals surface area contributed by atoms with E-state index in [2.05, 4.69) is 39.0 Å². The van der Waals surface area contributed by atoms with Gasteiger partial charge in [0.2, 0.25) is 5.56 Å². The number of hydrogen-bond donors (Lipinski definition) is 1. The van der Waals surface area contributed by atoms with Crippen molar-refractivity contribution in [3.8, 4) is 5.75 Å². The first-order valence-electron chi connectivity index (χ1n) is 11.1. The standard InChI is InChI=1S/C25H29N3O2/c29-25-11-6-21-18-23(9-10-24(21)26-25)30-17-1-12-27-13-15-28(16-14-27)22-7-4-20(5-8-22)19-2-3-19/h4-11,18-19H,1-3,12-17H2,(H,26,29). The van der Waals surface area contributed by atoms with Crippen LogP contribution in [0.15, 0.2) is 59.4 Å². The van der Waals surface area contributed by atoms with Crippen LogP contribution in [-0.2, 0) is 0 Å². The van der Waals surface area contributed by atoms with Gasteiger partial charge < -0.3 is 14.6 Å². The highest BCUT2D eigenvalue weighted by Crippen LogP contribution is 2.40. The second-order valence-electron chi connectivity index (χ2n) is 8.47. The molecule has 5 heteroatoms. The Kier molecular flexibility index (Phi) is 5.45. The molecule has 3 aromatic rings. The minimum Gasteiger partial charge on any atom is -0.494 e. The van der Waals surface area contributed by atoms with Crippen LogP contribution >= 0.6 is 0 Å². The second kappa shape index (κ2) is 8.52. The number of rotatable bonds is 7. The summed E-state index contributed by atoms with van der Waals surface area (Å²) >= 11 is 0. The summed E-state index contributed by atoms with van der Waals surface area (Å²) in [7, 11) is 0. The van der Waals surface area contributed by atoms with Gasteiger partial charge in [-0.05, 0) is 67.1 Å². The number of hydrogen-bond acceptors (Lipinski definition) is 4. The minimum absolute atomic E-state index is 0.0773. The quantitative estimate of drug-likeness (QED) is 0.606. The third kappa shape index (κ3) is 4.51. The van der Waals surface area contributed by atoms with Crippen LogP contribution < -0.4 is 15.2 Å². The van der Waals surface area contributed by atoms with Crippen molar-refractivity contribution >= 4 is 16.6 Å². The van der Waals surface area contributed by atoms with Crippen LogP contribution in [0.5, 0.6) is 5.75 Å². The van der Waals surface area contributed by atoms with Crippen LogP contribution in [0, 0.1) is 0 Å². The Balaban J connectivity index is 1.05. The van der Waals surface area contributed by atoms with Gasteiger partial charge in [0, 0.05) is 55.4 Å². The highest BCUT2D eigenvalue weighted by atomic mass is 16.5. The van der Waals surface area contributed by atoms with E-state index < -0.39 is 0 Å². The molecule has 156 valence electrons. The molecule has 0 bridgehead atoms. The maximum atomic E-state index is 11.4. The lowest BCUT2D eigenvalue weighted by molar-refractivity contribution is 0.225. The zero-order chi connectivity index (χ0) is 20.3. The van der Waals surface area contributed by atoms with E-state index in [9.17, 15) is 4.79 Å². The van der Waals surface area contributed by atoms with E-state index >= 15 is 0 Å². The smallest absolute Gasteiger partial charge is 0.248 e. The van der Waals surface area contributed by atoms with Gasteiger partial charge in [-0.3, -0.25) is 9.69 Å². The summed E-state index contributed by atoms with van der Waals surface area (Å²) in [5, 5.41) is 0.994. The molecule has 2 aromatic carbocycles. The molecule has 0 spiro atoms. The third-order valence-corrected chi connectivity index (χ3v) is 6.26. The molecule has 1 saturated carbocycles. The normalized spacial score (nSPS) is 17.4. The molecule has 0 unspecified atom stereocenters.